The molecule has 0 fully saturated rings. The molecule has 1 rings (SSSR count). The molecule has 0 bridgehead atoms. The van der Waals surface area contributed by atoms with Crippen LogP contribution in [-0.4, -0.2) is 4.57 Å². The van der Waals surface area contributed by atoms with E-state index in [0.717, 1.165) is 25.1 Å². The van der Waals surface area contributed by atoms with Gasteiger partial charge in [-0.3, -0.25) is 4.79 Å². The van der Waals surface area contributed by atoms with Crippen LogP contribution in [0.3, 0.4) is 0 Å². The highest BCUT2D eigenvalue weighted by molar-refractivity contribution is 5.28. The average molecular weight is 246 g/mol. The summed E-state index contributed by atoms with van der Waals surface area (Å²) in [6.45, 7) is 7.04. The third-order valence-electron chi connectivity index (χ3n) is 3.16. The molecule has 0 amide bonds. The van der Waals surface area contributed by atoms with Crippen molar-refractivity contribution in [1.29, 1.82) is 5.26 Å². The minimum absolute atomic E-state index is 0.139. The monoisotopic (exact) mass is 246 g/mol. The van der Waals surface area contributed by atoms with Gasteiger partial charge in [-0.25, -0.2) is 0 Å². The van der Waals surface area contributed by atoms with Crippen molar-refractivity contribution in [3.63, 3.8) is 0 Å². The van der Waals surface area contributed by atoms with Crippen molar-refractivity contribution < 1.29 is 0 Å². The summed E-state index contributed by atoms with van der Waals surface area (Å²) in [4.78, 5) is 12.1. The van der Waals surface area contributed by atoms with Crippen LogP contribution < -0.4 is 5.56 Å². The smallest absolute Gasteiger partial charge is 0.268 e. The first-order chi connectivity index (χ1) is 8.61. The molecule has 0 saturated carbocycles. The number of aromatic nitrogens is 1. The number of nitriles is 1. The Morgan fingerprint density at radius 2 is 2.00 bits per heavy atom. The molecule has 0 N–H and O–H groups in total. The van der Waals surface area contributed by atoms with Gasteiger partial charge in [0.25, 0.3) is 5.56 Å². The lowest BCUT2D eigenvalue weighted by Gasteiger charge is -2.15. The Kier molecular flexibility index (Phi) is 5.64. The molecule has 1 aromatic heterocycles. The van der Waals surface area contributed by atoms with Crippen LogP contribution >= 0.6 is 0 Å². The molecule has 1 heterocycles. The van der Waals surface area contributed by atoms with Crippen LogP contribution in [0.2, 0.25) is 0 Å². The van der Waals surface area contributed by atoms with E-state index in [1.54, 1.807) is 10.6 Å². The normalized spacial score (nSPS) is 10.6. The molecular formula is C15H22N2O. The molecule has 0 atom stereocenters. The van der Waals surface area contributed by atoms with Crippen molar-refractivity contribution in [3.05, 3.63) is 33.7 Å². The first-order valence-corrected chi connectivity index (χ1v) is 6.75. The van der Waals surface area contributed by atoms with Crippen molar-refractivity contribution >= 4 is 0 Å². The molecule has 3 nitrogen and oxygen atoms in total. The Morgan fingerprint density at radius 3 is 2.56 bits per heavy atom. The van der Waals surface area contributed by atoms with E-state index >= 15 is 0 Å². The van der Waals surface area contributed by atoms with Gasteiger partial charge in [-0.05, 0) is 24.5 Å². The molecule has 0 aliphatic rings. The quantitative estimate of drug-likeness (QED) is 0.722. The fourth-order valence-electron chi connectivity index (χ4n) is 2.11. The van der Waals surface area contributed by atoms with Gasteiger partial charge in [0, 0.05) is 12.2 Å². The highest BCUT2D eigenvalue weighted by Gasteiger charge is 2.10. The molecule has 0 saturated heterocycles. The van der Waals surface area contributed by atoms with E-state index < -0.39 is 0 Å². The third-order valence-corrected chi connectivity index (χ3v) is 3.16. The Morgan fingerprint density at radius 1 is 1.28 bits per heavy atom. The average Bonchev–Trinajstić information content (AvgIpc) is 2.35. The lowest BCUT2D eigenvalue weighted by atomic mass is 10.1. The minimum Gasteiger partial charge on any atom is -0.311 e. The van der Waals surface area contributed by atoms with Gasteiger partial charge in [0.2, 0.25) is 0 Å². The van der Waals surface area contributed by atoms with Gasteiger partial charge in [-0.15, -0.1) is 0 Å². The number of hydrogen-bond donors (Lipinski definition) is 0. The lowest BCUT2D eigenvalue weighted by molar-refractivity contribution is 0.541. The Hall–Kier alpha value is -1.56. The molecule has 18 heavy (non-hydrogen) atoms. The van der Waals surface area contributed by atoms with Gasteiger partial charge in [0.05, 0.1) is 0 Å². The Labute approximate surface area is 109 Å². The maximum atomic E-state index is 12.1. The predicted octanol–water partition coefficient (Wildman–Crippen LogP) is 3.42. The van der Waals surface area contributed by atoms with Crippen LogP contribution in [0.25, 0.3) is 0 Å². The van der Waals surface area contributed by atoms with Gasteiger partial charge in [-0.1, -0.05) is 40.0 Å². The number of pyridine rings is 1. The molecule has 0 aromatic carbocycles. The number of hydrogen-bond acceptors (Lipinski definition) is 2. The number of rotatable bonds is 6. The van der Waals surface area contributed by atoms with E-state index in [2.05, 4.69) is 20.8 Å². The van der Waals surface area contributed by atoms with Gasteiger partial charge in [-0.2, -0.15) is 5.26 Å². The fraction of sp³-hybridized carbons (Fsp3) is 0.600. The zero-order chi connectivity index (χ0) is 13.5. The first kappa shape index (κ1) is 14.5. The van der Waals surface area contributed by atoms with E-state index in [1.165, 1.54) is 12.8 Å². The number of unbranched alkanes of at least 4 members (excludes halogenated alkanes) is 3. The molecule has 3 heteroatoms. The third kappa shape index (κ3) is 3.46. The Bertz CT molecular complexity index is 480. The van der Waals surface area contributed by atoms with Crippen LogP contribution in [0.15, 0.2) is 16.9 Å². The summed E-state index contributed by atoms with van der Waals surface area (Å²) < 4.78 is 1.78. The zero-order valence-electron chi connectivity index (χ0n) is 11.6. The summed E-state index contributed by atoms with van der Waals surface area (Å²) >= 11 is 0. The van der Waals surface area contributed by atoms with Crippen LogP contribution in [0.5, 0.6) is 0 Å². The summed E-state index contributed by atoms with van der Waals surface area (Å²) in [5, 5.41) is 8.92. The van der Waals surface area contributed by atoms with Gasteiger partial charge >= 0.3 is 0 Å². The highest BCUT2D eigenvalue weighted by atomic mass is 16.1. The highest BCUT2D eigenvalue weighted by Crippen LogP contribution is 2.14. The van der Waals surface area contributed by atoms with Crippen LogP contribution in [0, 0.1) is 11.3 Å². The van der Waals surface area contributed by atoms with Crippen molar-refractivity contribution in [2.24, 2.45) is 0 Å². The van der Waals surface area contributed by atoms with Crippen molar-refractivity contribution in [3.8, 4) is 6.07 Å². The summed E-state index contributed by atoms with van der Waals surface area (Å²) in [5.74, 6) is 0.302. The van der Waals surface area contributed by atoms with Crippen LogP contribution in [-0.2, 0) is 6.54 Å². The molecule has 0 unspecified atom stereocenters. The summed E-state index contributed by atoms with van der Waals surface area (Å²) in [5.41, 5.74) is 1.13. The second kappa shape index (κ2) is 7.00. The van der Waals surface area contributed by atoms with Crippen molar-refractivity contribution in [1.82, 2.24) is 4.57 Å². The van der Waals surface area contributed by atoms with E-state index in [9.17, 15) is 4.79 Å². The minimum atomic E-state index is -0.139. The second-order valence-corrected chi connectivity index (χ2v) is 4.96. The predicted molar refractivity (Wildman–Crippen MR) is 73.6 cm³/mol. The first-order valence-electron chi connectivity index (χ1n) is 6.75. The summed E-state index contributed by atoms with van der Waals surface area (Å²) in [7, 11) is 0. The molecule has 0 aliphatic carbocycles. The van der Waals surface area contributed by atoms with Gasteiger partial charge in [0.1, 0.15) is 11.6 Å². The molecule has 1 aromatic rings. The topological polar surface area (TPSA) is 45.8 Å². The summed E-state index contributed by atoms with van der Waals surface area (Å²) in [6.07, 6.45) is 4.52. The number of nitrogens with zero attached hydrogens (tertiary/aromatic N) is 2. The zero-order valence-corrected chi connectivity index (χ0v) is 11.6. The molecule has 0 aliphatic heterocycles. The van der Waals surface area contributed by atoms with E-state index in [1.807, 2.05) is 12.1 Å². The second-order valence-electron chi connectivity index (χ2n) is 4.96. The molecular weight excluding hydrogens is 224 g/mol. The van der Waals surface area contributed by atoms with Crippen LogP contribution in [0.1, 0.15) is 63.6 Å². The van der Waals surface area contributed by atoms with E-state index in [-0.39, 0.29) is 11.1 Å². The standard InChI is InChI=1S/C15H22N2O/c1-4-5-6-7-10-17-14(12(2)3)9-8-13(11-16)15(17)18/h8-9,12H,4-7,10H2,1-3H3. The molecule has 0 spiro atoms. The van der Waals surface area contributed by atoms with Crippen molar-refractivity contribution in [2.45, 2.75) is 58.9 Å². The maximum absolute atomic E-state index is 12.1. The van der Waals surface area contributed by atoms with E-state index in [4.69, 9.17) is 5.26 Å². The van der Waals surface area contributed by atoms with Gasteiger partial charge < -0.3 is 4.57 Å². The largest absolute Gasteiger partial charge is 0.311 e. The van der Waals surface area contributed by atoms with Crippen LogP contribution in [0.4, 0.5) is 0 Å². The fourth-order valence-corrected chi connectivity index (χ4v) is 2.11. The molecule has 0 radical (unpaired) electrons. The molecule has 98 valence electrons. The van der Waals surface area contributed by atoms with Gasteiger partial charge in [0.15, 0.2) is 0 Å². The van der Waals surface area contributed by atoms with Crippen molar-refractivity contribution in [2.75, 3.05) is 0 Å². The Balaban J connectivity index is 2.98. The van der Waals surface area contributed by atoms with E-state index in [0.29, 0.717) is 5.92 Å². The lowest BCUT2D eigenvalue weighted by Crippen LogP contribution is -2.26. The SMILES string of the molecule is CCCCCCn1c(C(C)C)ccc(C#N)c1=O. The maximum Gasteiger partial charge on any atom is 0.268 e. The summed E-state index contributed by atoms with van der Waals surface area (Å²) in [6, 6.07) is 5.52.